The van der Waals surface area contributed by atoms with Gasteiger partial charge in [0.1, 0.15) is 0 Å². The molecule has 1 aliphatic heterocycles. The molecule has 1 atom stereocenters. The number of piperidine rings is 1. The second-order valence-corrected chi connectivity index (χ2v) is 4.97. The first-order valence-corrected chi connectivity index (χ1v) is 6.52. The van der Waals surface area contributed by atoms with Crippen LogP contribution in [0, 0.1) is 13.8 Å². The van der Waals surface area contributed by atoms with Crippen molar-refractivity contribution in [3.63, 3.8) is 0 Å². The lowest BCUT2D eigenvalue weighted by Crippen LogP contribution is -2.34. The van der Waals surface area contributed by atoms with E-state index in [0.717, 1.165) is 31.8 Å². The largest absolute Gasteiger partial charge is 0.424 e. The van der Waals surface area contributed by atoms with Gasteiger partial charge in [-0.3, -0.25) is 4.90 Å². The van der Waals surface area contributed by atoms with Gasteiger partial charge in [0.05, 0.1) is 12.5 Å². The van der Waals surface area contributed by atoms with Crippen molar-refractivity contribution in [3.8, 4) is 0 Å². The third-order valence-corrected chi connectivity index (χ3v) is 3.32. The van der Waals surface area contributed by atoms with Crippen LogP contribution < -0.4 is 0 Å². The second-order valence-electron chi connectivity index (χ2n) is 4.97. The minimum atomic E-state index is 0.305. The van der Waals surface area contributed by atoms with Crippen molar-refractivity contribution in [2.75, 3.05) is 13.1 Å². The Kier molecular flexibility index (Phi) is 3.29. The zero-order valence-electron chi connectivity index (χ0n) is 11.2. The molecule has 19 heavy (non-hydrogen) atoms. The van der Waals surface area contributed by atoms with Gasteiger partial charge in [-0.25, -0.2) is 0 Å². The topological polar surface area (TPSA) is 81.1 Å². The van der Waals surface area contributed by atoms with Crippen LogP contribution in [-0.4, -0.2) is 38.3 Å². The van der Waals surface area contributed by atoms with Crippen molar-refractivity contribution in [1.29, 1.82) is 0 Å². The third-order valence-electron chi connectivity index (χ3n) is 3.32. The Morgan fingerprint density at radius 1 is 1.32 bits per heavy atom. The van der Waals surface area contributed by atoms with E-state index in [1.807, 2.05) is 6.92 Å². The van der Waals surface area contributed by atoms with E-state index in [2.05, 4.69) is 25.2 Å². The van der Waals surface area contributed by atoms with E-state index in [1.54, 1.807) is 6.92 Å². The molecule has 7 heteroatoms. The predicted octanol–water partition coefficient (Wildman–Crippen LogP) is 1.45. The molecule has 0 unspecified atom stereocenters. The Labute approximate surface area is 111 Å². The number of nitrogens with zero attached hydrogens (tertiary/aromatic N) is 5. The SMILES string of the molecule is Cc1noc([C@H]2CCCN(Cc3nnc(C)o3)C2)n1. The second kappa shape index (κ2) is 5.08. The van der Waals surface area contributed by atoms with Crippen molar-refractivity contribution < 1.29 is 8.94 Å². The molecule has 102 valence electrons. The van der Waals surface area contributed by atoms with Crippen LogP contribution in [-0.2, 0) is 6.54 Å². The van der Waals surface area contributed by atoms with Crippen LogP contribution in [0.3, 0.4) is 0 Å². The summed E-state index contributed by atoms with van der Waals surface area (Å²) in [6, 6.07) is 0. The molecule has 0 spiro atoms. The third kappa shape index (κ3) is 2.81. The average molecular weight is 263 g/mol. The molecule has 2 aromatic heterocycles. The normalized spacial score (nSPS) is 20.8. The molecule has 3 rings (SSSR count). The number of likely N-dealkylation sites (tertiary alicyclic amines) is 1. The van der Waals surface area contributed by atoms with Gasteiger partial charge in [0.25, 0.3) is 0 Å². The number of aromatic nitrogens is 4. The van der Waals surface area contributed by atoms with Crippen LogP contribution in [0.25, 0.3) is 0 Å². The van der Waals surface area contributed by atoms with Crippen LogP contribution in [0.15, 0.2) is 8.94 Å². The van der Waals surface area contributed by atoms with Crippen LogP contribution in [0.5, 0.6) is 0 Å². The molecule has 2 aromatic rings. The molecular formula is C12H17N5O2. The summed E-state index contributed by atoms with van der Waals surface area (Å²) in [5.41, 5.74) is 0. The van der Waals surface area contributed by atoms with E-state index in [0.29, 0.717) is 30.1 Å². The number of aryl methyl sites for hydroxylation is 2. The van der Waals surface area contributed by atoms with E-state index in [1.165, 1.54) is 0 Å². The molecule has 0 aliphatic carbocycles. The molecule has 7 nitrogen and oxygen atoms in total. The van der Waals surface area contributed by atoms with E-state index < -0.39 is 0 Å². The first-order chi connectivity index (χ1) is 9.20. The molecule has 0 N–H and O–H groups in total. The highest BCUT2D eigenvalue weighted by molar-refractivity contribution is 4.96. The van der Waals surface area contributed by atoms with Gasteiger partial charge in [0, 0.05) is 13.5 Å². The maximum atomic E-state index is 5.42. The lowest BCUT2D eigenvalue weighted by molar-refractivity contribution is 0.166. The standard InChI is InChI=1S/C12H17N5O2/c1-8-13-12(19-16-8)10-4-3-5-17(6-10)7-11-15-14-9(2)18-11/h10H,3-7H2,1-2H3/t10-/m0/s1. The molecule has 0 amide bonds. The molecule has 1 aliphatic rings. The Hall–Kier alpha value is -1.76. The van der Waals surface area contributed by atoms with Crippen molar-refractivity contribution in [2.45, 2.75) is 39.2 Å². The first kappa shape index (κ1) is 12.3. The van der Waals surface area contributed by atoms with Gasteiger partial charge >= 0.3 is 0 Å². The molecule has 0 aromatic carbocycles. The lowest BCUT2D eigenvalue weighted by atomic mass is 9.98. The Balaban J connectivity index is 1.64. The van der Waals surface area contributed by atoms with E-state index in [9.17, 15) is 0 Å². The fourth-order valence-electron chi connectivity index (χ4n) is 2.47. The minimum absolute atomic E-state index is 0.305. The van der Waals surface area contributed by atoms with Crippen LogP contribution in [0.2, 0.25) is 0 Å². The summed E-state index contributed by atoms with van der Waals surface area (Å²) in [5.74, 6) is 3.01. The maximum absolute atomic E-state index is 5.42. The summed E-state index contributed by atoms with van der Waals surface area (Å²) in [7, 11) is 0. The molecule has 1 fully saturated rings. The summed E-state index contributed by atoms with van der Waals surface area (Å²) in [5, 5.41) is 11.7. The zero-order valence-corrected chi connectivity index (χ0v) is 11.2. The summed E-state index contributed by atoms with van der Waals surface area (Å²) >= 11 is 0. The summed E-state index contributed by atoms with van der Waals surface area (Å²) in [4.78, 5) is 6.62. The van der Waals surface area contributed by atoms with Gasteiger partial charge in [-0.05, 0) is 26.3 Å². The number of rotatable bonds is 3. The van der Waals surface area contributed by atoms with Gasteiger partial charge < -0.3 is 8.94 Å². The highest BCUT2D eigenvalue weighted by atomic mass is 16.5. The fraction of sp³-hybridized carbons (Fsp3) is 0.667. The van der Waals surface area contributed by atoms with E-state index >= 15 is 0 Å². The molecule has 0 bridgehead atoms. The number of hydrogen-bond acceptors (Lipinski definition) is 7. The summed E-state index contributed by atoms with van der Waals surface area (Å²) in [6.45, 7) is 6.25. The molecule has 1 saturated heterocycles. The van der Waals surface area contributed by atoms with Crippen molar-refractivity contribution in [3.05, 3.63) is 23.5 Å². The van der Waals surface area contributed by atoms with Gasteiger partial charge in [-0.1, -0.05) is 5.16 Å². The highest BCUT2D eigenvalue weighted by Gasteiger charge is 2.26. The van der Waals surface area contributed by atoms with Gasteiger partial charge in [-0.15, -0.1) is 10.2 Å². The smallest absolute Gasteiger partial charge is 0.231 e. The van der Waals surface area contributed by atoms with E-state index in [-0.39, 0.29) is 0 Å². The Bertz CT molecular complexity index is 550. The molecule has 0 radical (unpaired) electrons. The summed E-state index contributed by atoms with van der Waals surface area (Å²) < 4.78 is 10.7. The quantitative estimate of drug-likeness (QED) is 0.828. The van der Waals surface area contributed by atoms with Crippen molar-refractivity contribution in [1.82, 2.24) is 25.2 Å². The molecule has 3 heterocycles. The van der Waals surface area contributed by atoms with Crippen LogP contribution in [0.4, 0.5) is 0 Å². The predicted molar refractivity (Wildman–Crippen MR) is 65.3 cm³/mol. The minimum Gasteiger partial charge on any atom is -0.424 e. The Morgan fingerprint density at radius 2 is 2.21 bits per heavy atom. The zero-order chi connectivity index (χ0) is 13.2. The number of hydrogen-bond donors (Lipinski definition) is 0. The van der Waals surface area contributed by atoms with Crippen molar-refractivity contribution in [2.24, 2.45) is 0 Å². The van der Waals surface area contributed by atoms with Crippen molar-refractivity contribution >= 4 is 0 Å². The van der Waals surface area contributed by atoms with Gasteiger partial charge in [0.2, 0.25) is 17.7 Å². The highest BCUT2D eigenvalue weighted by Crippen LogP contribution is 2.26. The average Bonchev–Trinajstić information content (AvgIpc) is 2.99. The fourth-order valence-corrected chi connectivity index (χ4v) is 2.47. The maximum Gasteiger partial charge on any atom is 0.231 e. The monoisotopic (exact) mass is 263 g/mol. The van der Waals surface area contributed by atoms with E-state index in [4.69, 9.17) is 8.94 Å². The van der Waals surface area contributed by atoms with Gasteiger partial charge in [-0.2, -0.15) is 4.98 Å². The first-order valence-electron chi connectivity index (χ1n) is 6.52. The van der Waals surface area contributed by atoms with Crippen LogP contribution >= 0.6 is 0 Å². The van der Waals surface area contributed by atoms with Crippen LogP contribution in [0.1, 0.15) is 42.3 Å². The summed E-state index contributed by atoms with van der Waals surface area (Å²) in [6.07, 6.45) is 2.19. The molecule has 0 saturated carbocycles. The Morgan fingerprint density at radius 3 is 2.89 bits per heavy atom. The lowest BCUT2D eigenvalue weighted by Gasteiger charge is -2.29. The van der Waals surface area contributed by atoms with Gasteiger partial charge in [0.15, 0.2) is 5.82 Å². The molecular weight excluding hydrogens is 246 g/mol.